The monoisotopic (exact) mass is 253 g/mol. The van der Waals surface area contributed by atoms with Crippen LogP contribution < -0.4 is 5.32 Å². The van der Waals surface area contributed by atoms with Crippen LogP contribution in [-0.4, -0.2) is 61.2 Å². The Hall–Kier alpha value is -0.120. The Balaban J connectivity index is 2.11. The lowest BCUT2D eigenvalue weighted by molar-refractivity contribution is -0.0473. The van der Waals surface area contributed by atoms with Crippen LogP contribution in [0.15, 0.2) is 0 Å². The average Bonchev–Trinajstić information content (AvgIpc) is 2.77. The molecule has 18 heavy (non-hydrogen) atoms. The van der Waals surface area contributed by atoms with E-state index in [0.29, 0.717) is 5.54 Å². The van der Waals surface area contributed by atoms with Gasteiger partial charge in [0, 0.05) is 30.7 Å². The van der Waals surface area contributed by atoms with Gasteiger partial charge in [0.05, 0.1) is 0 Å². The zero-order chi connectivity index (χ0) is 13.2. The van der Waals surface area contributed by atoms with Crippen LogP contribution in [-0.2, 0) is 0 Å². The molecule has 1 atom stereocenters. The van der Waals surface area contributed by atoms with Crippen LogP contribution in [0.25, 0.3) is 0 Å². The molecule has 2 rings (SSSR count). The fraction of sp³-hybridized carbons (Fsp3) is 1.00. The highest BCUT2D eigenvalue weighted by Crippen LogP contribution is 2.35. The van der Waals surface area contributed by atoms with E-state index >= 15 is 0 Å². The van der Waals surface area contributed by atoms with E-state index in [0.717, 1.165) is 18.6 Å². The number of piperazine rings is 1. The Labute approximate surface area is 113 Å². The molecule has 0 aromatic heterocycles. The highest BCUT2D eigenvalue weighted by atomic mass is 15.3. The third-order valence-corrected chi connectivity index (χ3v) is 4.72. The molecule has 1 heterocycles. The van der Waals surface area contributed by atoms with Gasteiger partial charge in [-0.2, -0.15) is 0 Å². The van der Waals surface area contributed by atoms with E-state index in [9.17, 15) is 0 Å². The van der Waals surface area contributed by atoms with Crippen molar-refractivity contribution in [1.29, 1.82) is 0 Å². The minimum absolute atomic E-state index is 0.334. The molecular formula is C15H31N3. The number of hydrogen-bond donors (Lipinski definition) is 1. The van der Waals surface area contributed by atoms with Gasteiger partial charge in [0.2, 0.25) is 0 Å². The van der Waals surface area contributed by atoms with Crippen molar-refractivity contribution in [3.63, 3.8) is 0 Å². The van der Waals surface area contributed by atoms with Crippen molar-refractivity contribution in [2.45, 2.75) is 63.6 Å². The molecule has 106 valence electrons. The van der Waals surface area contributed by atoms with E-state index in [2.05, 4.69) is 43.1 Å². The molecule has 0 amide bonds. The maximum atomic E-state index is 3.32. The minimum atomic E-state index is 0.334. The molecule has 1 saturated carbocycles. The van der Waals surface area contributed by atoms with E-state index < -0.39 is 0 Å². The van der Waals surface area contributed by atoms with Crippen LogP contribution in [0.2, 0.25) is 0 Å². The van der Waals surface area contributed by atoms with Crippen LogP contribution in [0.3, 0.4) is 0 Å². The lowest BCUT2D eigenvalue weighted by atomic mass is 9.90. The second-order valence-corrected chi connectivity index (χ2v) is 6.90. The van der Waals surface area contributed by atoms with Crippen LogP contribution in [0, 0.1) is 0 Å². The molecule has 0 radical (unpaired) electrons. The lowest BCUT2D eigenvalue weighted by Gasteiger charge is -2.54. The summed E-state index contributed by atoms with van der Waals surface area (Å²) in [6.45, 7) is 8.46. The summed E-state index contributed by atoms with van der Waals surface area (Å²) in [5.74, 6) is 0. The first-order valence-corrected chi connectivity index (χ1v) is 7.66. The summed E-state index contributed by atoms with van der Waals surface area (Å²) in [4.78, 5) is 5.39. The van der Waals surface area contributed by atoms with Gasteiger partial charge in [-0.05, 0) is 53.8 Å². The zero-order valence-electron chi connectivity index (χ0n) is 12.7. The van der Waals surface area contributed by atoms with Crippen molar-refractivity contribution in [2.75, 3.05) is 33.7 Å². The quantitative estimate of drug-likeness (QED) is 0.826. The summed E-state index contributed by atoms with van der Waals surface area (Å²) < 4.78 is 0. The number of rotatable bonds is 4. The number of likely N-dealkylation sites (N-methyl/N-ethyl adjacent to an activating group) is 1. The number of nitrogens with one attached hydrogen (secondary N) is 1. The fourth-order valence-corrected chi connectivity index (χ4v) is 4.26. The summed E-state index contributed by atoms with van der Waals surface area (Å²) in [7, 11) is 4.34. The molecular weight excluding hydrogens is 222 g/mol. The SMILES string of the molecule is CNCCC1CN(C)CC(C)(C)N1C1CCCC1. The Bertz CT molecular complexity index is 258. The number of hydrogen-bond acceptors (Lipinski definition) is 3. The van der Waals surface area contributed by atoms with Gasteiger partial charge in [-0.25, -0.2) is 0 Å². The Morgan fingerprint density at radius 3 is 2.50 bits per heavy atom. The maximum absolute atomic E-state index is 3.32. The van der Waals surface area contributed by atoms with Crippen molar-refractivity contribution in [3.05, 3.63) is 0 Å². The summed E-state index contributed by atoms with van der Waals surface area (Å²) in [5.41, 5.74) is 0.334. The molecule has 1 aliphatic heterocycles. The van der Waals surface area contributed by atoms with Gasteiger partial charge in [-0.15, -0.1) is 0 Å². The third kappa shape index (κ3) is 3.06. The van der Waals surface area contributed by atoms with Crippen molar-refractivity contribution < 1.29 is 0 Å². The highest BCUT2D eigenvalue weighted by molar-refractivity contribution is 4.99. The molecule has 1 saturated heterocycles. The van der Waals surface area contributed by atoms with Crippen LogP contribution >= 0.6 is 0 Å². The second kappa shape index (κ2) is 5.89. The van der Waals surface area contributed by atoms with Gasteiger partial charge in [0.25, 0.3) is 0 Å². The van der Waals surface area contributed by atoms with Gasteiger partial charge >= 0.3 is 0 Å². The first-order chi connectivity index (χ1) is 8.54. The first kappa shape index (κ1) is 14.3. The molecule has 1 unspecified atom stereocenters. The summed E-state index contributed by atoms with van der Waals surface area (Å²) in [6, 6.07) is 1.57. The Morgan fingerprint density at radius 1 is 1.22 bits per heavy atom. The van der Waals surface area contributed by atoms with E-state index in [1.165, 1.54) is 45.2 Å². The normalized spacial score (nSPS) is 31.0. The van der Waals surface area contributed by atoms with E-state index in [4.69, 9.17) is 0 Å². The molecule has 1 aliphatic carbocycles. The molecule has 2 fully saturated rings. The summed E-state index contributed by atoms with van der Waals surface area (Å²) in [5, 5.41) is 3.32. The number of nitrogens with zero attached hydrogens (tertiary/aromatic N) is 2. The average molecular weight is 253 g/mol. The van der Waals surface area contributed by atoms with Gasteiger partial charge in [-0.1, -0.05) is 12.8 Å². The molecule has 1 N–H and O–H groups in total. The smallest absolute Gasteiger partial charge is 0.0286 e. The molecule has 2 aliphatic rings. The molecule has 0 spiro atoms. The van der Waals surface area contributed by atoms with Crippen LogP contribution in [0.4, 0.5) is 0 Å². The molecule has 0 aromatic rings. The fourth-order valence-electron chi connectivity index (χ4n) is 4.26. The van der Waals surface area contributed by atoms with Gasteiger partial charge in [0.15, 0.2) is 0 Å². The second-order valence-electron chi connectivity index (χ2n) is 6.90. The largest absolute Gasteiger partial charge is 0.320 e. The van der Waals surface area contributed by atoms with Crippen molar-refractivity contribution in [3.8, 4) is 0 Å². The van der Waals surface area contributed by atoms with Crippen LogP contribution in [0.1, 0.15) is 46.0 Å². The lowest BCUT2D eigenvalue weighted by Crippen LogP contribution is -2.65. The molecule has 3 nitrogen and oxygen atoms in total. The van der Waals surface area contributed by atoms with E-state index in [1.807, 2.05) is 0 Å². The zero-order valence-corrected chi connectivity index (χ0v) is 12.7. The van der Waals surface area contributed by atoms with E-state index in [-0.39, 0.29) is 0 Å². The van der Waals surface area contributed by atoms with Gasteiger partial charge in [-0.3, -0.25) is 4.90 Å². The summed E-state index contributed by atoms with van der Waals surface area (Å²) in [6.07, 6.45) is 6.99. The molecule has 0 bridgehead atoms. The standard InChI is InChI=1S/C15H31N3/c1-15(2)12-17(4)11-14(9-10-16-3)18(15)13-7-5-6-8-13/h13-14,16H,5-12H2,1-4H3. The van der Waals surface area contributed by atoms with Crippen molar-refractivity contribution in [1.82, 2.24) is 15.1 Å². The highest BCUT2D eigenvalue weighted by Gasteiger charge is 2.42. The van der Waals surface area contributed by atoms with Crippen molar-refractivity contribution in [2.24, 2.45) is 0 Å². The third-order valence-electron chi connectivity index (χ3n) is 4.72. The predicted molar refractivity (Wildman–Crippen MR) is 78.0 cm³/mol. The minimum Gasteiger partial charge on any atom is -0.320 e. The molecule has 3 heteroatoms. The maximum Gasteiger partial charge on any atom is 0.0286 e. The van der Waals surface area contributed by atoms with Crippen LogP contribution in [0.5, 0.6) is 0 Å². The molecule has 0 aromatic carbocycles. The van der Waals surface area contributed by atoms with Gasteiger partial charge in [0.1, 0.15) is 0 Å². The Kier molecular flexibility index (Phi) is 4.68. The first-order valence-electron chi connectivity index (χ1n) is 7.66. The predicted octanol–water partition coefficient (Wildman–Crippen LogP) is 1.93. The Morgan fingerprint density at radius 2 is 1.89 bits per heavy atom. The van der Waals surface area contributed by atoms with E-state index in [1.54, 1.807) is 0 Å². The topological polar surface area (TPSA) is 18.5 Å². The summed E-state index contributed by atoms with van der Waals surface area (Å²) >= 11 is 0. The van der Waals surface area contributed by atoms with Crippen molar-refractivity contribution >= 4 is 0 Å². The van der Waals surface area contributed by atoms with Gasteiger partial charge < -0.3 is 10.2 Å².